The van der Waals surface area contributed by atoms with E-state index in [1.807, 2.05) is 13.0 Å². The number of ketones is 1. The fraction of sp³-hybridized carbons (Fsp3) is 0.115. The molecule has 0 spiro atoms. The standard InChI is InChI=1S/C26H20N2O5/c1-2-33-21-13-7-18(8-14-21)24(30)22-23(17-5-11-20(29)12-6-17)28(26(32)25(22)31)19-9-3-16(15-27)4-10-19/h3-14,23,29-30H,2H2,1H3/b24-22+. The van der Waals surface area contributed by atoms with Gasteiger partial charge in [-0.3, -0.25) is 14.5 Å². The number of hydrogen-bond donors (Lipinski definition) is 2. The second-order valence-electron chi connectivity index (χ2n) is 7.38. The van der Waals surface area contributed by atoms with Gasteiger partial charge in [-0.25, -0.2) is 0 Å². The molecule has 7 nitrogen and oxygen atoms in total. The lowest BCUT2D eigenvalue weighted by Crippen LogP contribution is -2.29. The van der Waals surface area contributed by atoms with E-state index in [9.17, 15) is 19.8 Å². The van der Waals surface area contributed by atoms with Crippen molar-refractivity contribution in [2.75, 3.05) is 11.5 Å². The predicted molar refractivity (Wildman–Crippen MR) is 122 cm³/mol. The quantitative estimate of drug-likeness (QED) is 0.348. The van der Waals surface area contributed by atoms with Crippen LogP contribution in [-0.2, 0) is 9.59 Å². The molecule has 0 aromatic heterocycles. The third-order valence-corrected chi connectivity index (χ3v) is 5.37. The molecule has 1 aliphatic heterocycles. The Hall–Kier alpha value is -4.57. The monoisotopic (exact) mass is 440 g/mol. The second kappa shape index (κ2) is 8.89. The number of phenols is 1. The minimum Gasteiger partial charge on any atom is -0.508 e. The summed E-state index contributed by atoms with van der Waals surface area (Å²) in [5.74, 6) is -1.30. The van der Waals surface area contributed by atoms with Gasteiger partial charge in [0.05, 0.1) is 29.9 Å². The first-order chi connectivity index (χ1) is 15.9. The molecule has 1 unspecified atom stereocenters. The maximum Gasteiger partial charge on any atom is 0.300 e. The Morgan fingerprint density at radius 2 is 1.64 bits per heavy atom. The van der Waals surface area contributed by atoms with E-state index in [-0.39, 0.29) is 17.1 Å². The number of carbonyl (C=O) groups excluding carboxylic acids is 2. The minimum absolute atomic E-state index is 0.0283. The molecule has 1 heterocycles. The molecule has 1 fully saturated rings. The number of nitrogens with zero attached hydrogens (tertiary/aromatic N) is 2. The first-order valence-corrected chi connectivity index (χ1v) is 10.3. The van der Waals surface area contributed by atoms with Crippen LogP contribution in [0.4, 0.5) is 5.69 Å². The van der Waals surface area contributed by atoms with Crippen molar-refractivity contribution in [3.8, 4) is 17.6 Å². The van der Waals surface area contributed by atoms with Gasteiger partial charge in [-0.2, -0.15) is 5.26 Å². The summed E-state index contributed by atoms with van der Waals surface area (Å²) >= 11 is 0. The van der Waals surface area contributed by atoms with E-state index in [0.29, 0.717) is 34.7 Å². The van der Waals surface area contributed by atoms with E-state index in [1.165, 1.54) is 17.0 Å². The number of aliphatic hydroxyl groups is 1. The van der Waals surface area contributed by atoms with Crippen molar-refractivity contribution >= 4 is 23.1 Å². The topological polar surface area (TPSA) is 111 Å². The van der Waals surface area contributed by atoms with Crippen molar-refractivity contribution < 1.29 is 24.5 Å². The maximum absolute atomic E-state index is 13.1. The lowest BCUT2D eigenvalue weighted by Gasteiger charge is -2.25. The van der Waals surface area contributed by atoms with Crippen LogP contribution in [0.15, 0.2) is 78.4 Å². The second-order valence-corrected chi connectivity index (χ2v) is 7.38. The summed E-state index contributed by atoms with van der Waals surface area (Å²) in [6, 6.07) is 20.0. The van der Waals surface area contributed by atoms with Gasteiger partial charge < -0.3 is 14.9 Å². The fourth-order valence-electron chi connectivity index (χ4n) is 3.80. The fourth-order valence-corrected chi connectivity index (χ4v) is 3.80. The number of Topliss-reactive ketones (excluding diaryl/α,β-unsaturated/α-hetero) is 1. The van der Waals surface area contributed by atoms with Gasteiger partial charge in [0.2, 0.25) is 0 Å². The molecule has 3 aromatic rings. The molecule has 1 atom stereocenters. The molecule has 1 saturated heterocycles. The number of carbonyl (C=O) groups is 2. The largest absolute Gasteiger partial charge is 0.508 e. The van der Waals surface area contributed by atoms with Gasteiger partial charge in [0.15, 0.2) is 0 Å². The maximum atomic E-state index is 13.1. The Morgan fingerprint density at radius 3 is 2.21 bits per heavy atom. The van der Waals surface area contributed by atoms with E-state index in [2.05, 4.69) is 0 Å². The summed E-state index contributed by atoms with van der Waals surface area (Å²) in [5, 5.41) is 29.9. The average Bonchev–Trinajstić information content (AvgIpc) is 3.10. The van der Waals surface area contributed by atoms with Gasteiger partial charge >= 0.3 is 0 Å². The highest BCUT2D eigenvalue weighted by molar-refractivity contribution is 6.51. The summed E-state index contributed by atoms with van der Waals surface area (Å²) in [4.78, 5) is 27.5. The van der Waals surface area contributed by atoms with E-state index in [1.54, 1.807) is 60.7 Å². The van der Waals surface area contributed by atoms with E-state index < -0.39 is 17.7 Å². The number of amides is 1. The molecule has 7 heteroatoms. The Kier molecular flexibility index (Phi) is 5.83. The molecule has 1 amide bonds. The zero-order valence-electron chi connectivity index (χ0n) is 17.7. The Balaban J connectivity index is 1.87. The number of nitriles is 1. The molecule has 0 saturated carbocycles. The number of aliphatic hydroxyl groups excluding tert-OH is 1. The third kappa shape index (κ3) is 4.02. The van der Waals surface area contributed by atoms with Crippen LogP contribution in [0.3, 0.4) is 0 Å². The highest BCUT2D eigenvalue weighted by Gasteiger charge is 2.46. The van der Waals surface area contributed by atoms with Gasteiger partial charge in [-0.15, -0.1) is 0 Å². The summed E-state index contributed by atoms with van der Waals surface area (Å²) in [7, 11) is 0. The first kappa shape index (κ1) is 21.7. The van der Waals surface area contributed by atoms with Crippen molar-refractivity contribution in [2.45, 2.75) is 13.0 Å². The van der Waals surface area contributed by atoms with Gasteiger partial charge in [-0.05, 0) is 73.2 Å². The lowest BCUT2D eigenvalue weighted by atomic mass is 9.95. The Bertz CT molecular complexity index is 1270. The van der Waals surface area contributed by atoms with Crippen molar-refractivity contribution in [2.24, 2.45) is 0 Å². The van der Waals surface area contributed by atoms with Gasteiger partial charge in [-0.1, -0.05) is 12.1 Å². The highest BCUT2D eigenvalue weighted by atomic mass is 16.5. The van der Waals surface area contributed by atoms with Crippen LogP contribution in [0.1, 0.15) is 29.7 Å². The van der Waals surface area contributed by atoms with Crippen LogP contribution in [0.2, 0.25) is 0 Å². The number of ether oxygens (including phenoxy) is 1. The molecule has 0 bridgehead atoms. The van der Waals surface area contributed by atoms with Crippen LogP contribution >= 0.6 is 0 Å². The van der Waals surface area contributed by atoms with Gasteiger partial charge in [0.1, 0.15) is 17.3 Å². The molecule has 4 rings (SSSR count). The van der Waals surface area contributed by atoms with Crippen LogP contribution < -0.4 is 9.64 Å². The number of benzene rings is 3. The molecular weight excluding hydrogens is 420 g/mol. The molecule has 0 aliphatic carbocycles. The molecule has 33 heavy (non-hydrogen) atoms. The van der Waals surface area contributed by atoms with Crippen LogP contribution in [0, 0.1) is 11.3 Å². The van der Waals surface area contributed by atoms with Crippen LogP contribution in [-0.4, -0.2) is 28.5 Å². The highest BCUT2D eigenvalue weighted by Crippen LogP contribution is 2.42. The van der Waals surface area contributed by atoms with Crippen molar-refractivity contribution in [3.63, 3.8) is 0 Å². The first-order valence-electron chi connectivity index (χ1n) is 10.3. The third-order valence-electron chi connectivity index (χ3n) is 5.37. The Morgan fingerprint density at radius 1 is 1.00 bits per heavy atom. The van der Waals surface area contributed by atoms with Crippen molar-refractivity contribution in [1.29, 1.82) is 5.26 Å². The normalized spacial score (nSPS) is 17.1. The van der Waals surface area contributed by atoms with Gasteiger partial charge in [0.25, 0.3) is 11.7 Å². The summed E-state index contributed by atoms with van der Waals surface area (Å²) in [6.07, 6.45) is 0. The summed E-state index contributed by atoms with van der Waals surface area (Å²) in [5.41, 5.74) is 1.63. The molecule has 2 N–H and O–H groups in total. The zero-order chi connectivity index (χ0) is 23.5. The minimum atomic E-state index is -0.926. The van der Waals surface area contributed by atoms with E-state index >= 15 is 0 Å². The van der Waals surface area contributed by atoms with Gasteiger partial charge in [0, 0.05) is 11.3 Å². The van der Waals surface area contributed by atoms with Crippen molar-refractivity contribution in [1.82, 2.24) is 0 Å². The summed E-state index contributed by atoms with van der Waals surface area (Å²) in [6.45, 7) is 2.35. The smallest absolute Gasteiger partial charge is 0.300 e. The number of anilines is 1. The number of aromatic hydroxyl groups is 1. The Labute approximate surface area is 190 Å². The van der Waals surface area contributed by atoms with Crippen molar-refractivity contribution in [3.05, 3.63) is 95.1 Å². The molecule has 1 aliphatic rings. The average molecular weight is 440 g/mol. The lowest BCUT2D eigenvalue weighted by molar-refractivity contribution is -0.132. The van der Waals surface area contributed by atoms with E-state index in [0.717, 1.165) is 0 Å². The zero-order valence-corrected chi connectivity index (χ0v) is 17.7. The van der Waals surface area contributed by atoms with Crippen LogP contribution in [0.5, 0.6) is 11.5 Å². The van der Waals surface area contributed by atoms with E-state index in [4.69, 9.17) is 10.00 Å². The SMILES string of the molecule is CCOc1ccc(/C(O)=C2\C(=O)C(=O)N(c3ccc(C#N)cc3)C2c2ccc(O)cc2)cc1. The molecule has 3 aromatic carbocycles. The molecule has 0 radical (unpaired) electrons. The summed E-state index contributed by atoms with van der Waals surface area (Å²) < 4.78 is 5.43. The predicted octanol–water partition coefficient (Wildman–Crippen LogP) is 4.29. The van der Waals surface area contributed by atoms with Crippen LogP contribution in [0.25, 0.3) is 5.76 Å². The molecule has 164 valence electrons. The molecular formula is C26H20N2O5. The number of hydrogen-bond acceptors (Lipinski definition) is 6. The number of rotatable bonds is 5. The number of phenolic OH excluding ortho intramolecular Hbond substituents is 1.